The molecule has 2 aromatic carbocycles. The lowest BCUT2D eigenvalue weighted by Gasteiger charge is -2.09. The van der Waals surface area contributed by atoms with E-state index in [0.717, 1.165) is 11.1 Å². The summed E-state index contributed by atoms with van der Waals surface area (Å²) < 4.78 is 5.71. The van der Waals surface area contributed by atoms with Gasteiger partial charge in [0.05, 0.1) is 12.0 Å². The third kappa shape index (κ3) is 4.98. The first kappa shape index (κ1) is 17.8. The van der Waals surface area contributed by atoms with Crippen LogP contribution in [0.4, 0.5) is 0 Å². The summed E-state index contributed by atoms with van der Waals surface area (Å²) in [6, 6.07) is 12.7. The third-order valence-corrected chi connectivity index (χ3v) is 4.84. The molecule has 0 atom stereocenters. The Labute approximate surface area is 159 Å². The Morgan fingerprint density at radius 1 is 1.16 bits per heavy atom. The van der Waals surface area contributed by atoms with Crippen molar-refractivity contribution in [3.63, 3.8) is 0 Å². The van der Waals surface area contributed by atoms with E-state index in [9.17, 15) is 4.79 Å². The first-order valence-corrected chi connectivity index (χ1v) is 9.05. The van der Waals surface area contributed by atoms with Crippen molar-refractivity contribution in [1.29, 1.82) is 0 Å². The van der Waals surface area contributed by atoms with E-state index in [1.807, 2.05) is 24.3 Å². The number of hydrogen-bond donors (Lipinski definition) is 1. The van der Waals surface area contributed by atoms with Crippen molar-refractivity contribution in [3.8, 4) is 5.75 Å². The molecule has 5 nitrogen and oxygen atoms in total. The fraction of sp³-hybridized carbons (Fsp3) is 0.118. The molecule has 1 amide bonds. The maximum atomic E-state index is 11.0. The lowest BCUT2D eigenvalue weighted by molar-refractivity contribution is -0.116. The Morgan fingerprint density at radius 3 is 2.52 bits per heavy atom. The summed E-state index contributed by atoms with van der Waals surface area (Å²) in [5.41, 5.74) is 1.62. The van der Waals surface area contributed by atoms with Crippen molar-refractivity contribution >= 4 is 52.3 Å². The Hall–Kier alpha value is -2.02. The number of rotatable bonds is 5. The molecule has 1 aliphatic rings. The molecule has 1 fully saturated rings. The monoisotopic (exact) mass is 393 g/mol. The Bertz CT molecular complexity index is 818. The molecule has 3 rings (SSSR count). The second kappa shape index (κ2) is 8.38. The first-order valence-electron chi connectivity index (χ1n) is 7.31. The van der Waals surface area contributed by atoms with E-state index in [0.29, 0.717) is 26.7 Å². The molecule has 0 unspecified atom stereocenters. The molecule has 25 heavy (non-hydrogen) atoms. The second-order valence-electron chi connectivity index (χ2n) is 5.04. The SMILES string of the molecule is O=C1CSC(=N/N=C\c2ccc(OCc3c(Cl)cccc3Cl)cc2)N1. The Morgan fingerprint density at radius 2 is 1.88 bits per heavy atom. The van der Waals surface area contributed by atoms with Gasteiger partial charge < -0.3 is 10.1 Å². The highest BCUT2D eigenvalue weighted by Crippen LogP contribution is 2.25. The van der Waals surface area contributed by atoms with Crippen molar-refractivity contribution in [2.75, 3.05) is 5.75 Å². The van der Waals surface area contributed by atoms with Crippen LogP contribution in [0.2, 0.25) is 10.0 Å². The summed E-state index contributed by atoms with van der Waals surface area (Å²) in [5.74, 6) is 1.02. The summed E-state index contributed by atoms with van der Waals surface area (Å²) >= 11 is 13.6. The van der Waals surface area contributed by atoms with Crippen molar-refractivity contribution in [2.45, 2.75) is 6.61 Å². The topological polar surface area (TPSA) is 63.0 Å². The van der Waals surface area contributed by atoms with Gasteiger partial charge in [-0.15, -0.1) is 5.10 Å². The van der Waals surface area contributed by atoms with Gasteiger partial charge in [0.1, 0.15) is 12.4 Å². The maximum Gasteiger partial charge on any atom is 0.236 e. The van der Waals surface area contributed by atoms with E-state index in [1.165, 1.54) is 11.8 Å². The van der Waals surface area contributed by atoms with E-state index in [-0.39, 0.29) is 12.5 Å². The average Bonchev–Trinajstić information content (AvgIpc) is 3.01. The van der Waals surface area contributed by atoms with E-state index in [4.69, 9.17) is 27.9 Å². The molecule has 0 aromatic heterocycles. The van der Waals surface area contributed by atoms with Crippen molar-refractivity contribution in [2.24, 2.45) is 10.2 Å². The van der Waals surface area contributed by atoms with Crippen LogP contribution in [0.1, 0.15) is 11.1 Å². The number of halogens is 2. The van der Waals surface area contributed by atoms with Crippen LogP contribution in [0.25, 0.3) is 0 Å². The minimum atomic E-state index is -0.0564. The Balaban J connectivity index is 1.58. The number of hydrogen-bond acceptors (Lipinski definition) is 5. The molecule has 0 bridgehead atoms. The highest BCUT2D eigenvalue weighted by atomic mass is 35.5. The molecule has 1 aliphatic heterocycles. The molecule has 0 radical (unpaired) electrons. The zero-order valence-corrected chi connectivity index (χ0v) is 15.2. The number of nitrogens with zero attached hydrogens (tertiary/aromatic N) is 2. The molecule has 1 heterocycles. The number of amidine groups is 1. The van der Waals surface area contributed by atoms with Gasteiger partial charge in [-0.05, 0) is 42.0 Å². The largest absolute Gasteiger partial charge is 0.489 e. The van der Waals surface area contributed by atoms with Gasteiger partial charge in [0.15, 0.2) is 5.17 Å². The molecular weight excluding hydrogens is 381 g/mol. The third-order valence-electron chi connectivity index (χ3n) is 3.27. The number of nitrogens with one attached hydrogen (secondary N) is 1. The number of benzene rings is 2. The number of amides is 1. The van der Waals surface area contributed by atoms with Gasteiger partial charge in [0, 0.05) is 15.6 Å². The number of thioether (sulfide) groups is 1. The van der Waals surface area contributed by atoms with Crippen molar-refractivity contribution in [3.05, 3.63) is 63.6 Å². The summed E-state index contributed by atoms with van der Waals surface area (Å²) in [5, 5.41) is 12.2. The fourth-order valence-corrected chi connectivity index (χ4v) is 3.14. The second-order valence-corrected chi connectivity index (χ2v) is 6.82. The quantitative estimate of drug-likeness (QED) is 0.613. The molecule has 0 aliphatic carbocycles. The van der Waals surface area contributed by atoms with Crippen LogP contribution >= 0.6 is 35.0 Å². The van der Waals surface area contributed by atoms with E-state index < -0.39 is 0 Å². The zero-order chi connectivity index (χ0) is 17.6. The molecule has 0 saturated carbocycles. The molecule has 1 N–H and O–H groups in total. The summed E-state index contributed by atoms with van der Waals surface area (Å²) in [6.45, 7) is 0.288. The first-order chi connectivity index (χ1) is 12.1. The van der Waals surface area contributed by atoms with E-state index >= 15 is 0 Å². The maximum absolute atomic E-state index is 11.0. The van der Waals surface area contributed by atoms with Gasteiger partial charge >= 0.3 is 0 Å². The summed E-state index contributed by atoms with van der Waals surface area (Å²) in [7, 11) is 0. The predicted molar refractivity (Wildman–Crippen MR) is 103 cm³/mol. The van der Waals surface area contributed by atoms with Gasteiger partial charge in [0.2, 0.25) is 5.91 Å². The lowest BCUT2D eigenvalue weighted by atomic mass is 10.2. The molecular formula is C17H13Cl2N3O2S. The van der Waals surface area contributed by atoms with Crippen LogP contribution in [0.5, 0.6) is 5.75 Å². The molecule has 1 saturated heterocycles. The van der Waals surface area contributed by atoms with Crippen LogP contribution in [0.15, 0.2) is 52.7 Å². The van der Waals surface area contributed by atoms with Gasteiger partial charge in [-0.1, -0.05) is 41.0 Å². The predicted octanol–water partition coefficient (Wildman–Crippen LogP) is 4.13. The van der Waals surface area contributed by atoms with Crippen molar-refractivity contribution in [1.82, 2.24) is 5.32 Å². The standard InChI is InChI=1S/C17H13Cl2N3O2S/c18-14-2-1-3-15(19)13(14)9-24-12-6-4-11(5-7-12)8-20-22-17-21-16(23)10-25-17/h1-8H,9-10H2,(H,21,22,23)/b20-8-. The minimum Gasteiger partial charge on any atom is -0.489 e. The molecule has 2 aromatic rings. The lowest BCUT2D eigenvalue weighted by Crippen LogP contribution is -2.19. The van der Waals surface area contributed by atoms with Crippen LogP contribution in [0.3, 0.4) is 0 Å². The van der Waals surface area contributed by atoms with Gasteiger partial charge in [0.25, 0.3) is 0 Å². The fourth-order valence-electron chi connectivity index (χ4n) is 2.00. The Kier molecular flexibility index (Phi) is 5.96. The number of carbonyl (C=O) groups excluding carboxylic acids is 1. The zero-order valence-electron chi connectivity index (χ0n) is 12.9. The smallest absolute Gasteiger partial charge is 0.236 e. The number of carbonyl (C=O) groups is 1. The molecule has 8 heteroatoms. The van der Waals surface area contributed by atoms with Crippen molar-refractivity contribution < 1.29 is 9.53 Å². The van der Waals surface area contributed by atoms with Gasteiger partial charge in [-0.2, -0.15) is 5.10 Å². The summed E-state index contributed by atoms with van der Waals surface area (Å²) in [4.78, 5) is 11.0. The van der Waals surface area contributed by atoms with Crippen LogP contribution in [0, 0.1) is 0 Å². The normalized spacial score (nSPS) is 15.8. The molecule has 0 spiro atoms. The highest BCUT2D eigenvalue weighted by Gasteiger charge is 2.15. The van der Waals surface area contributed by atoms with E-state index in [1.54, 1.807) is 24.4 Å². The van der Waals surface area contributed by atoms with Crippen LogP contribution in [-0.4, -0.2) is 23.0 Å². The van der Waals surface area contributed by atoms with Crippen LogP contribution in [-0.2, 0) is 11.4 Å². The average molecular weight is 394 g/mol. The van der Waals surface area contributed by atoms with Gasteiger partial charge in [-0.3, -0.25) is 4.79 Å². The summed E-state index contributed by atoms with van der Waals surface area (Å²) in [6.07, 6.45) is 1.60. The van der Waals surface area contributed by atoms with E-state index in [2.05, 4.69) is 15.5 Å². The minimum absolute atomic E-state index is 0.0564. The van der Waals surface area contributed by atoms with Crippen LogP contribution < -0.4 is 10.1 Å². The highest BCUT2D eigenvalue weighted by molar-refractivity contribution is 8.15. The van der Waals surface area contributed by atoms with Gasteiger partial charge in [-0.25, -0.2) is 0 Å². The number of ether oxygens (including phenoxy) is 1. The molecule has 128 valence electrons.